The summed E-state index contributed by atoms with van der Waals surface area (Å²) in [6, 6.07) is 10.5. The Morgan fingerprint density at radius 1 is 1.06 bits per heavy atom. The van der Waals surface area contributed by atoms with Crippen LogP contribution in [0.15, 0.2) is 53.7 Å². The van der Waals surface area contributed by atoms with Crippen LogP contribution in [0, 0.1) is 13.8 Å². The molecular formula is C21H21ClN4O5S. The van der Waals surface area contributed by atoms with Crippen molar-refractivity contribution in [1.82, 2.24) is 9.97 Å². The number of methoxy groups -OCH3 is 1. The summed E-state index contributed by atoms with van der Waals surface area (Å²) < 4.78 is 37.9. The van der Waals surface area contributed by atoms with Gasteiger partial charge < -0.3 is 14.8 Å². The average molecular weight is 477 g/mol. The second kappa shape index (κ2) is 9.84. The van der Waals surface area contributed by atoms with E-state index < -0.39 is 15.9 Å². The molecule has 0 atom stereocenters. The van der Waals surface area contributed by atoms with Gasteiger partial charge in [0.25, 0.3) is 15.9 Å². The van der Waals surface area contributed by atoms with Crippen LogP contribution in [0.25, 0.3) is 0 Å². The Morgan fingerprint density at radius 3 is 2.34 bits per heavy atom. The van der Waals surface area contributed by atoms with E-state index in [0.29, 0.717) is 16.5 Å². The van der Waals surface area contributed by atoms with E-state index >= 15 is 0 Å². The molecule has 0 bridgehead atoms. The first-order valence-corrected chi connectivity index (χ1v) is 11.2. The molecule has 11 heteroatoms. The second-order valence-electron chi connectivity index (χ2n) is 6.78. The lowest BCUT2D eigenvalue weighted by Gasteiger charge is -2.11. The maximum absolute atomic E-state index is 12.5. The summed E-state index contributed by atoms with van der Waals surface area (Å²) in [6.45, 7) is 3.50. The second-order valence-corrected chi connectivity index (χ2v) is 8.84. The van der Waals surface area contributed by atoms with E-state index in [1.165, 1.54) is 43.8 Å². The molecule has 3 aromatic rings. The van der Waals surface area contributed by atoms with Gasteiger partial charge in [0, 0.05) is 16.8 Å². The van der Waals surface area contributed by atoms with Gasteiger partial charge in [0.05, 0.1) is 12.0 Å². The molecule has 0 aliphatic rings. The zero-order valence-corrected chi connectivity index (χ0v) is 19.1. The predicted molar refractivity (Wildman–Crippen MR) is 121 cm³/mol. The number of rotatable bonds is 8. The minimum absolute atomic E-state index is 0.00329. The number of anilines is 2. The Kier molecular flexibility index (Phi) is 7.16. The maximum atomic E-state index is 12.5. The Bertz CT molecular complexity index is 1210. The molecule has 32 heavy (non-hydrogen) atoms. The third-order valence-corrected chi connectivity index (χ3v) is 6.29. The molecule has 0 saturated carbocycles. The zero-order chi connectivity index (χ0) is 23.3. The molecule has 0 radical (unpaired) electrons. The van der Waals surface area contributed by atoms with Gasteiger partial charge in [-0.05, 0) is 61.4 Å². The lowest BCUT2D eigenvalue weighted by Crippen LogP contribution is -2.20. The van der Waals surface area contributed by atoms with E-state index in [0.717, 1.165) is 11.1 Å². The van der Waals surface area contributed by atoms with Gasteiger partial charge in [-0.25, -0.2) is 18.4 Å². The number of sulfonamides is 1. The lowest BCUT2D eigenvalue weighted by molar-refractivity contribution is -0.118. The zero-order valence-electron chi connectivity index (χ0n) is 17.5. The third-order valence-electron chi connectivity index (χ3n) is 4.32. The first-order valence-electron chi connectivity index (χ1n) is 9.36. The molecule has 1 amide bonds. The summed E-state index contributed by atoms with van der Waals surface area (Å²) in [5.74, 6) is 0.437. The lowest BCUT2D eigenvalue weighted by atomic mass is 10.1. The summed E-state index contributed by atoms with van der Waals surface area (Å²) in [7, 11) is -2.47. The van der Waals surface area contributed by atoms with Gasteiger partial charge in [0.2, 0.25) is 5.88 Å². The highest BCUT2D eigenvalue weighted by atomic mass is 35.5. The summed E-state index contributed by atoms with van der Waals surface area (Å²) in [4.78, 5) is 19.9. The molecule has 9 nitrogen and oxygen atoms in total. The average Bonchev–Trinajstić information content (AvgIpc) is 2.76. The molecule has 3 rings (SSSR count). The number of hydrogen-bond acceptors (Lipinski definition) is 7. The molecule has 0 aliphatic carbocycles. The van der Waals surface area contributed by atoms with E-state index in [9.17, 15) is 13.2 Å². The molecule has 1 heterocycles. The van der Waals surface area contributed by atoms with Crippen molar-refractivity contribution >= 4 is 39.0 Å². The minimum Gasteiger partial charge on any atom is -0.484 e. The van der Waals surface area contributed by atoms with Gasteiger partial charge in [-0.2, -0.15) is 0 Å². The Balaban J connectivity index is 1.60. The highest BCUT2D eigenvalue weighted by Crippen LogP contribution is 2.26. The number of aryl methyl sites for hydroxylation is 2. The molecule has 1 aromatic heterocycles. The number of carbonyl (C=O) groups excluding carboxylic acids is 1. The number of nitrogens with one attached hydrogen (secondary N) is 2. The van der Waals surface area contributed by atoms with Crippen molar-refractivity contribution in [3.05, 3.63) is 64.9 Å². The number of benzene rings is 2. The number of halogens is 1. The number of carbonyl (C=O) groups is 1. The first-order chi connectivity index (χ1) is 15.2. The van der Waals surface area contributed by atoms with Gasteiger partial charge in [-0.15, -0.1) is 0 Å². The van der Waals surface area contributed by atoms with Crippen molar-refractivity contribution in [2.24, 2.45) is 0 Å². The molecule has 2 N–H and O–H groups in total. The van der Waals surface area contributed by atoms with Crippen LogP contribution in [0.4, 0.5) is 11.5 Å². The molecule has 0 aliphatic heterocycles. The topological polar surface area (TPSA) is 120 Å². The Morgan fingerprint density at radius 2 is 1.72 bits per heavy atom. The van der Waals surface area contributed by atoms with E-state index in [1.807, 2.05) is 13.8 Å². The summed E-state index contributed by atoms with van der Waals surface area (Å²) in [6.07, 6.45) is 1.18. The van der Waals surface area contributed by atoms with E-state index in [2.05, 4.69) is 20.0 Å². The fraction of sp³-hybridized carbons (Fsp3) is 0.190. The van der Waals surface area contributed by atoms with Crippen molar-refractivity contribution in [2.45, 2.75) is 18.7 Å². The Labute approximate surface area is 190 Å². The van der Waals surface area contributed by atoms with Crippen LogP contribution in [0.2, 0.25) is 5.02 Å². The SMILES string of the molecule is COc1cc(NS(=O)(=O)c2ccc(NC(=O)COc3cc(C)c(Cl)c(C)c3)cc2)ncn1. The monoisotopic (exact) mass is 476 g/mol. The van der Waals surface area contributed by atoms with E-state index in [4.69, 9.17) is 21.1 Å². The highest BCUT2D eigenvalue weighted by Gasteiger charge is 2.16. The van der Waals surface area contributed by atoms with Gasteiger partial charge in [0.1, 0.15) is 17.9 Å². The fourth-order valence-corrected chi connectivity index (χ4v) is 3.86. The first kappa shape index (κ1) is 23.3. The highest BCUT2D eigenvalue weighted by molar-refractivity contribution is 7.92. The minimum atomic E-state index is -3.89. The predicted octanol–water partition coefficient (Wildman–Crippen LogP) is 3.57. The fourth-order valence-electron chi connectivity index (χ4n) is 2.76. The van der Waals surface area contributed by atoms with Crippen LogP contribution in [-0.4, -0.2) is 38.0 Å². The van der Waals surface area contributed by atoms with Crippen LogP contribution in [0.1, 0.15) is 11.1 Å². The number of amides is 1. The quantitative estimate of drug-likeness (QED) is 0.510. The summed E-state index contributed by atoms with van der Waals surface area (Å²) >= 11 is 6.13. The normalized spacial score (nSPS) is 11.0. The third kappa shape index (κ3) is 5.86. The van der Waals surface area contributed by atoms with Crippen LogP contribution >= 0.6 is 11.6 Å². The van der Waals surface area contributed by atoms with Gasteiger partial charge in [0.15, 0.2) is 6.61 Å². The Hall–Kier alpha value is -3.37. The molecule has 0 fully saturated rings. The molecule has 0 spiro atoms. The molecule has 168 valence electrons. The van der Waals surface area contributed by atoms with Crippen molar-refractivity contribution < 1.29 is 22.7 Å². The smallest absolute Gasteiger partial charge is 0.263 e. The van der Waals surface area contributed by atoms with Crippen molar-refractivity contribution in [2.75, 3.05) is 23.8 Å². The largest absolute Gasteiger partial charge is 0.484 e. The van der Waals surface area contributed by atoms with Crippen LogP contribution < -0.4 is 19.5 Å². The van der Waals surface area contributed by atoms with Gasteiger partial charge in [-0.1, -0.05) is 11.6 Å². The summed E-state index contributed by atoms with van der Waals surface area (Å²) in [5, 5.41) is 3.31. The van der Waals surface area contributed by atoms with Crippen LogP contribution in [0.3, 0.4) is 0 Å². The van der Waals surface area contributed by atoms with Crippen LogP contribution in [-0.2, 0) is 14.8 Å². The van der Waals surface area contributed by atoms with Crippen molar-refractivity contribution in [3.63, 3.8) is 0 Å². The molecular weight excluding hydrogens is 456 g/mol. The number of nitrogens with zero attached hydrogens (tertiary/aromatic N) is 2. The van der Waals surface area contributed by atoms with Gasteiger partial charge >= 0.3 is 0 Å². The van der Waals surface area contributed by atoms with Crippen molar-refractivity contribution in [1.29, 1.82) is 0 Å². The number of aromatic nitrogens is 2. The number of hydrogen-bond donors (Lipinski definition) is 2. The number of ether oxygens (including phenoxy) is 2. The van der Waals surface area contributed by atoms with Gasteiger partial charge in [-0.3, -0.25) is 9.52 Å². The molecule has 0 unspecified atom stereocenters. The van der Waals surface area contributed by atoms with Crippen molar-refractivity contribution in [3.8, 4) is 11.6 Å². The molecule has 0 saturated heterocycles. The standard InChI is InChI=1S/C21H21ClN4O5S/c1-13-8-16(9-14(2)21(13)22)31-11-19(27)25-15-4-6-17(7-5-15)32(28,29)26-18-10-20(30-3)24-12-23-18/h4-10,12H,11H2,1-3H3,(H,25,27)(H,23,24,26). The molecule has 2 aromatic carbocycles. The maximum Gasteiger partial charge on any atom is 0.263 e. The van der Waals surface area contributed by atoms with Crippen LogP contribution in [0.5, 0.6) is 11.6 Å². The van der Waals surface area contributed by atoms with E-state index in [-0.39, 0.29) is 23.2 Å². The summed E-state index contributed by atoms with van der Waals surface area (Å²) in [5.41, 5.74) is 2.13. The van der Waals surface area contributed by atoms with E-state index in [1.54, 1.807) is 12.1 Å².